The van der Waals surface area contributed by atoms with Gasteiger partial charge in [0.05, 0.1) is 25.5 Å². The number of rotatable bonds is 9. The van der Waals surface area contributed by atoms with E-state index in [1.165, 1.54) is 31.5 Å². The molecule has 10 heteroatoms. The molecule has 0 spiro atoms. The zero-order valence-electron chi connectivity index (χ0n) is 19.6. The number of hydrazone groups is 1. The molecule has 0 saturated carbocycles. The molecule has 36 heavy (non-hydrogen) atoms. The van der Waals surface area contributed by atoms with E-state index in [9.17, 15) is 18.8 Å². The maximum Gasteiger partial charge on any atom is 0.343 e. The molecule has 3 rings (SSSR count). The van der Waals surface area contributed by atoms with E-state index in [0.717, 1.165) is 18.6 Å². The van der Waals surface area contributed by atoms with E-state index in [-0.39, 0.29) is 17.2 Å². The number of anilines is 1. The number of carbonyl (C=O) groups excluding carboxylic acids is 3. The van der Waals surface area contributed by atoms with Gasteiger partial charge in [-0.25, -0.2) is 14.6 Å². The van der Waals surface area contributed by atoms with Crippen molar-refractivity contribution in [2.24, 2.45) is 5.10 Å². The summed E-state index contributed by atoms with van der Waals surface area (Å²) in [4.78, 5) is 36.3. The molecule has 0 aliphatic rings. The van der Waals surface area contributed by atoms with Crippen LogP contribution in [-0.2, 0) is 9.59 Å². The predicted molar refractivity (Wildman–Crippen MR) is 131 cm³/mol. The van der Waals surface area contributed by atoms with Crippen molar-refractivity contribution in [3.63, 3.8) is 0 Å². The highest BCUT2D eigenvalue weighted by atomic mass is 19.1. The summed E-state index contributed by atoms with van der Waals surface area (Å²) in [5, 5.41) is 6.06. The Bertz CT molecular complexity index is 1240. The van der Waals surface area contributed by atoms with Crippen LogP contribution in [0, 0.1) is 5.82 Å². The third-order valence-corrected chi connectivity index (χ3v) is 4.64. The van der Waals surface area contributed by atoms with Crippen molar-refractivity contribution in [1.82, 2.24) is 5.43 Å². The van der Waals surface area contributed by atoms with Crippen LogP contribution in [0.4, 0.5) is 10.1 Å². The monoisotopic (exact) mass is 493 g/mol. The summed E-state index contributed by atoms with van der Waals surface area (Å²) in [6, 6.07) is 16.2. The van der Waals surface area contributed by atoms with Crippen LogP contribution in [-0.4, -0.2) is 37.7 Å². The number of hydrogen-bond donors (Lipinski definition) is 2. The molecule has 0 radical (unpaired) electrons. The van der Waals surface area contributed by atoms with Crippen LogP contribution in [0.3, 0.4) is 0 Å². The van der Waals surface area contributed by atoms with Gasteiger partial charge in [0.15, 0.2) is 11.5 Å². The minimum Gasteiger partial charge on any atom is -0.494 e. The molecule has 0 bridgehead atoms. The van der Waals surface area contributed by atoms with Gasteiger partial charge in [-0.05, 0) is 78.7 Å². The van der Waals surface area contributed by atoms with Gasteiger partial charge in [0.25, 0.3) is 0 Å². The molecule has 3 aromatic carbocycles. The second-order valence-corrected chi connectivity index (χ2v) is 7.33. The first kappa shape index (κ1) is 25.9. The van der Waals surface area contributed by atoms with Crippen LogP contribution in [0.25, 0.3) is 0 Å². The first-order valence-corrected chi connectivity index (χ1v) is 10.9. The molecule has 0 unspecified atom stereocenters. The van der Waals surface area contributed by atoms with E-state index >= 15 is 0 Å². The van der Waals surface area contributed by atoms with Gasteiger partial charge in [0.1, 0.15) is 11.6 Å². The van der Waals surface area contributed by atoms with Crippen molar-refractivity contribution in [1.29, 1.82) is 0 Å². The van der Waals surface area contributed by atoms with Crippen molar-refractivity contribution in [3.8, 4) is 17.2 Å². The lowest BCUT2D eigenvalue weighted by Crippen LogP contribution is -2.32. The van der Waals surface area contributed by atoms with Crippen molar-refractivity contribution in [3.05, 3.63) is 83.7 Å². The van der Waals surface area contributed by atoms with E-state index < -0.39 is 23.6 Å². The fraction of sp³-hybridized carbons (Fsp3) is 0.154. The van der Waals surface area contributed by atoms with Crippen LogP contribution in [0.5, 0.6) is 17.2 Å². The Morgan fingerprint density at radius 2 is 1.67 bits per heavy atom. The molecule has 0 heterocycles. The number of benzene rings is 3. The van der Waals surface area contributed by atoms with Crippen molar-refractivity contribution in [2.75, 3.05) is 19.0 Å². The molecule has 0 atom stereocenters. The van der Waals surface area contributed by atoms with E-state index in [1.54, 1.807) is 36.4 Å². The number of amides is 2. The zero-order valence-corrected chi connectivity index (χ0v) is 19.6. The SMILES string of the molecule is CCCOc1ccc(C(=O)Oc2ccc(/C=N\NC(=O)C(=O)Nc3ccc(F)cc3)cc2OC)cc1. The van der Waals surface area contributed by atoms with E-state index in [4.69, 9.17) is 14.2 Å². The number of esters is 1. The van der Waals surface area contributed by atoms with E-state index in [0.29, 0.717) is 23.5 Å². The summed E-state index contributed by atoms with van der Waals surface area (Å²) >= 11 is 0. The Morgan fingerprint density at radius 3 is 2.33 bits per heavy atom. The number of halogens is 1. The molecule has 0 aliphatic carbocycles. The van der Waals surface area contributed by atoms with Gasteiger partial charge in [-0.1, -0.05) is 6.92 Å². The lowest BCUT2D eigenvalue weighted by molar-refractivity contribution is -0.136. The standard InChI is InChI=1S/C26H24FN3O6/c1-3-14-35-21-11-5-18(6-12-21)26(33)36-22-13-4-17(15-23(22)34-2)16-28-30-25(32)24(31)29-20-9-7-19(27)8-10-20/h4-13,15-16H,3,14H2,1-2H3,(H,29,31)(H,30,32)/b28-16-. The molecule has 0 fully saturated rings. The van der Waals surface area contributed by atoms with Crippen molar-refractivity contribution >= 4 is 29.7 Å². The highest BCUT2D eigenvalue weighted by molar-refractivity contribution is 6.39. The summed E-state index contributed by atoms with van der Waals surface area (Å²) < 4.78 is 29.2. The number of nitrogens with one attached hydrogen (secondary N) is 2. The Labute approximate surface area is 206 Å². The van der Waals surface area contributed by atoms with Gasteiger partial charge in [0, 0.05) is 5.69 Å². The average Bonchev–Trinajstić information content (AvgIpc) is 2.89. The first-order valence-electron chi connectivity index (χ1n) is 10.9. The van der Waals surface area contributed by atoms with Gasteiger partial charge < -0.3 is 19.5 Å². The molecule has 9 nitrogen and oxygen atoms in total. The third-order valence-electron chi connectivity index (χ3n) is 4.64. The number of carbonyl (C=O) groups is 3. The van der Waals surface area contributed by atoms with Gasteiger partial charge in [-0.15, -0.1) is 0 Å². The predicted octanol–water partition coefficient (Wildman–Crippen LogP) is 3.93. The van der Waals surface area contributed by atoms with Crippen LogP contribution in [0.1, 0.15) is 29.3 Å². The molecule has 0 aliphatic heterocycles. The largest absolute Gasteiger partial charge is 0.494 e. The van der Waals surface area contributed by atoms with Gasteiger partial charge >= 0.3 is 17.8 Å². The number of methoxy groups -OCH3 is 1. The second-order valence-electron chi connectivity index (χ2n) is 7.33. The van der Waals surface area contributed by atoms with Crippen LogP contribution < -0.4 is 25.0 Å². The molecular weight excluding hydrogens is 469 g/mol. The summed E-state index contributed by atoms with van der Waals surface area (Å²) in [6.45, 7) is 2.59. The topological polar surface area (TPSA) is 115 Å². The molecule has 0 aromatic heterocycles. The average molecular weight is 493 g/mol. The number of nitrogens with zero attached hydrogens (tertiary/aromatic N) is 1. The Morgan fingerprint density at radius 1 is 0.944 bits per heavy atom. The Hall–Kier alpha value is -4.73. The number of hydrogen-bond acceptors (Lipinski definition) is 7. The Balaban J connectivity index is 1.57. The minimum absolute atomic E-state index is 0.189. The highest BCUT2D eigenvalue weighted by Gasteiger charge is 2.14. The fourth-order valence-electron chi connectivity index (χ4n) is 2.85. The van der Waals surface area contributed by atoms with Gasteiger partial charge in [-0.3, -0.25) is 9.59 Å². The van der Waals surface area contributed by atoms with Gasteiger partial charge in [0.2, 0.25) is 0 Å². The molecule has 2 N–H and O–H groups in total. The van der Waals surface area contributed by atoms with Crippen LogP contribution >= 0.6 is 0 Å². The smallest absolute Gasteiger partial charge is 0.343 e. The lowest BCUT2D eigenvalue weighted by atomic mass is 10.2. The Kier molecular flexibility index (Phi) is 9.10. The molecule has 186 valence electrons. The maximum absolute atomic E-state index is 12.9. The van der Waals surface area contributed by atoms with Crippen molar-refractivity contribution in [2.45, 2.75) is 13.3 Å². The zero-order chi connectivity index (χ0) is 25.9. The summed E-state index contributed by atoms with van der Waals surface area (Å²) in [5.74, 6) is -1.91. The third kappa shape index (κ3) is 7.39. The molecular formula is C26H24FN3O6. The summed E-state index contributed by atoms with van der Waals surface area (Å²) in [6.07, 6.45) is 2.16. The van der Waals surface area contributed by atoms with Crippen LogP contribution in [0.15, 0.2) is 71.8 Å². The fourth-order valence-corrected chi connectivity index (χ4v) is 2.85. The normalized spacial score (nSPS) is 10.5. The van der Waals surface area contributed by atoms with E-state index in [1.807, 2.05) is 6.92 Å². The summed E-state index contributed by atoms with van der Waals surface area (Å²) in [5.41, 5.74) is 3.20. The highest BCUT2D eigenvalue weighted by Crippen LogP contribution is 2.28. The summed E-state index contributed by atoms with van der Waals surface area (Å²) in [7, 11) is 1.41. The number of ether oxygens (including phenoxy) is 3. The maximum atomic E-state index is 12.9. The lowest BCUT2D eigenvalue weighted by Gasteiger charge is -2.10. The van der Waals surface area contributed by atoms with E-state index in [2.05, 4.69) is 15.8 Å². The molecule has 0 saturated heterocycles. The van der Waals surface area contributed by atoms with Crippen molar-refractivity contribution < 1.29 is 33.0 Å². The quantitative estimate of drug-likeness (QED) is 0.153. The first-order chi connectivity index (χ1) is 17.4. The molecule has 3 aromatic rings. The molecule has 2 amide bonds. The van der Waals surface area contributed by atoms with Gasteiger partial charge in [-0.2, -0.15) is 5.10 Å². The second kappa shape index (κ2) is 12.7. The van der Waals surface area contributed by atoms with Crippen LogP contribution in [0.2, 0.25) is 0 Å². The minimum atomic E-state index is -1.01.